The third-order valence-electron chi connectivity index (χ3n) is 2.74. The Morgan fingerprint density at radius 2 is 2.25 bits per heavy atom. The molecule has 4 heteroatoms. The SMILES string of the molecule is CNC(C)(CC(=O)OC)c1cccc(F)c1. The average Bonchev–Trinajstić information content (AvgIpc) is 2.28. The maximum absolute atomic E-state index is 13.1. The fraction of sp³-hybridized carbons (Fsp3) is 0.417. The van der Waals surface area contributed by atoms with Crippen LogP contribution in [0.2, 0.25) is 0 Å². The molecule has 0 saturated heterocycles. The van der Waals surface area contributed by atoms with Gasteiger partial charge >= 0.3 is 5.97 Å². The molecule has 0 saturated carbocycles. The summed E-state index contributed by atoms with van der Waals surface area (Å²) in [5, 5.41) is 3.02. The first-order valence-corrected chi connectivity index (χ1v) is 5.03. The van der Waals surface area contributed by atoms with E-state index in [1.165, 1.54) is 19.2 Å². The number of carbonyl (C=O) groups excluding carboxylic acids is 1. The van der Waals surface area contributed by atoms with Gasteiger partial charge in [-0.1, -0.05) is 12.1 Å². The summed E-state index contributed by atoms with van der Waals surface area (Å²) in [5.74, 6) is -0.648. The van der Waals surface area contributed by atoms with Gasteiger partial charge in [-0.15, -0.1) is 0 Å². The Bertz CT molecular complexity index is 381. The molecule has 1 unspecified atom stereocenters. The lowest BCUT2D eigenvalue weighted by molar-refractivity contribution is -0.142. The van der Waals surface area contributed by atoms with Crippen LogP contribution >= 0.6 is 0 Å². The summed E-state index contributed by atoms with van der Waals surface area (Å²) < 4.78 is 17.7. The van der Waals surface area contributed by atoms with Crippen LogP contribution in [0.15, 0.2) is 24.3 Å². The van der Waals surface area contributed by atoms with E-state index in [-0.39, 0.29) is 18.2 Å². The zero-order chi connectivity index (χ0) is 12.2. The first-order chi connectivity index (χ1) is 7.51. The van der Waals surface area contributed by atoms with Gasteiger partial charge < -0.3 is 10.1 Å². The van der Waals surface area contributed by atoms with Crippen molar-refractivity contribution in [3.8, 4) is 0 Å². The lowest BCUT2D eigenvalue weighted by Crippen LogP contribution is -2.39. The van der Waals surface area contributed by atoms with Crippen LogP contribution in [0, 0.1) is 5.82 Å². The van der Waals surface area contributed by atoms with Crippen LogP contribution < -0.4 is 5.32 Å². The molecule has 0 aliphatic carbocycles. The molecule has 1 rings (SSSR count). The van der Waals surface area contributed by atoms with Crippen LogP contribution in [0.5, 0.6) is 0 Å². The minimum atomic E-state index is -0.616. The van der Waals surface area contributed by atoms with Crippen molar-refractivity contribution in [3.63, 3.8) is 0 Å². The lowest BCUT2D eigenvalue weighted by atomic mass is 9.89. The van der Waals surface area contributed by atoms with Crippen LogP contribution in [0.3, 0.4) is 0 Å². The first-order valence-electron chi connectivity index (χ1n) is 5.03. The zero-order valence-corrected chi connectivity index (χ0v) is 9.71. The maximum atomic E-state index is 13.1. The van der Waals surface area contributed by atoms with E-state index in [1.807, 2.05) is 6.92 Å². The summed E-state index contributed by atoms with van der Waals surface area (Å²) in [6.45, 7) is 1.83. The predicted octanol–water partition coefficient (Wildman–Crippen LogP) is 1.82. The standard InChI is InChI=1S/C12H16FNO2/c1-12(14-2,8-11(15)16-3)9-5-4-6-10(13)7-9/h4-7,14H,8H2,1-3H3. The molecular weight excluding hydrogens is 209 g/mol. The number of esters is 1. The second kappa shape index (κ2) is 5.07. The van der Waals surface area contributed by atoms with E-state index >= 15 is 0 Å². The molecule has 0 amide bonds. The molecule has 1 aromatic carbocycles. The van der Waals surface area contributed by atoms with Crippen molar-refractivity contribution in [1.82, 2.24) is 5.32 Å². The highest BCUT2D eigenvalue weighted by Gasteiger charge is 2.28. The highest BCUT2D eigenvalue weighted by Crippen LogP contribution is 2.25. The van der Waals surface area contributed by atoms with Gasteiger partial charge in [-0.05, 0) is 31.7 Å². The molecule has 0 aromatic heterocycles. The minimum Gasteiger partial charge on any atom is -0.469 e. The molecule has 0 spiro atoms. The molecule has 3 nitrogen and oxygen atoms in total. The predicted molar refractivity (Wildman–Crippen MR) is 59.4 cm³/mol. The van der Waals surface area contributed by atoms with Crippen LogP contribution in [0.25, 0.3) is 0 Å². The molecule has 0 bridgehead atoms. The number of rotatable bonds is 4. The van der Waals surface area contributed by atoms with E-state index in [2.05, 4.69) is 10.1 Å². The molecule has 1 aromatic rings. The highest BCUT2D eigenvalue weighted by molar-refractivity contribution is 5.71. The topological polar surface area (TPSA) is 38.3 Å². The van der Waals surface area contributed by atoms with Crippen molar-refractivity contribution in [3.05, 3.63) is 35.6 Å². The number of methoxy groups -OCH3 is 1. The number of carbonyl (C=O) groups is 1. The quantitative estimate of drug-likeness (QED) is 0.794. The number of benzene rings is 1. The number of hydrogen-bond acceptors (Lipinski definition) is 3. The van der Waals surface area contributed by atoms with Crippen LogP contribution in [0.4, 0.5) is 4.39 Å². The van der Waals surface area contributed by atoms with E-state index in [4.69, 9.17) is 0 Å². The van der Waals surface area contributed by atoms with Crippen molar-refractivity contribution >= 4 is 5.97 Å². The number of hydrogen-bond donors (Lipinski definition) is 1. The second-order valence-corrected chi connectivity index (χ2v) is 3.85. The molecule has 0 heterocycles. The van der Waals surface area contributed by atoms with Crippen LogP contribution in [-0.2, 0) is 15.1 Å². The molecule has 1 N–H and O–H groups in total. The molecular formula is C12H16FNO2. The van der Waals surface area contributed by atoms with Crippen molar-refractivity contribution < 1.29 is 13.9 Å². The molecule has 88 valence electrons. The van der Waals surface area contributed by atoms with Crippen molar-refractivity contribution in [2.75, 3.05) is 14.2 Å². The summed E-state index contributed by atoms with van der Waals surface area (Å²) >= 11 is 0. The summed E-state index contributed by atoms with van der Waals surface area (Å²) in [6, 6.07) is 6.19. The van der Waals surface area contributed by atoms with Gasteiger partial charge in [0.25, 0.3) is 0 Å². The molecule has 0 aliphatic heterocycles. The van der Waals surface area contributed by atoms with Gasteiger partial charge in [0.05, 0.1) is 19.1 Å². The Hall–Kier alpha value is -1.42. The Kier molecular flexibility index (Phi) is 4.01. The number of halogens is 1. The smallest absolute Gasteiger partial charge is 0.307 e. The molecule has 0 fully saturated rings. The van der Waals surface area contributed by atoms with Gasteiger partial charge in [-0.2, -0.15) is 0 Å². The Morgan fingerprint density at radius 3 is 2.75 bits per heavy atom. The summed E-state index contributed by atoms with van der Waals surface area (Å²) in [6.07, 6.45) is 0.156. The third kappa shape index (κ3) is 2.79. The summed E-state index contributed by atoms with van der Waals surface area (Å²) in [5.41, 5.74) is 0.107. The first kappa shape index (κ1) is 12.6. The van der Waals surface area contributed by atoms with E-state index < -0.39 is 5.54 Å². The summed E-state index contributed by atoms with van der Waals surface area (Å²) in [4.78, 5) is 11.3. The summed E-state index contributed by atoms with van der Waals surface area (Å²) in [7, 11) is 3.07. The van der Waals surface area contributed by atoms with Crippen LogP contribution in [0.1, 0.15) is 18.9 Å². The van der Waals surface area contributed by atoms with E-state index in [0.717, 1.165) is 5.56 Å². The lowest BCUT2D eigenvalue weighted by Gasteiger charge is -2.28. The number of ether oxygens (including phenoxy) is 1. The maximum Gasteiger partial charge on any atom is 0.307 e. The van der Waals surface area contributed by atoms with E-state index in [1.54, 1.807) is 19.2 Å². The van der Waals surface area contributed by atoms with Gasteiger partial charge in [0.2, 0.25) is 0 Å². The van der Waals surface area contributed by atoms with Gasteiger partial charge in [-0.3, -0.25) is 4.79 Å². The van der Waals surface area contributed by atoms with Crippen LogP contribution in [-0.4, -0.2) is 20.1 Å². The Balaban J connectivity index is 2.99. The third-order valence-corrected chi connectivity index (χ3v) is 2.74. The normalized spacial score (nSPS) is 14.2. The van der Waals surface area contributed by atoms with Crippen molar-refractivity contribution in [2.45, 2.75) is 18.9 Å². The average molecular weight is 225 g/mol. The minimum absolute atomic E-state index is 0.156. The molecule has 0 radical (unpaired) electrons. The largest absolute Gasteiger partial charge is 0.469 e. The molecule has 0 aliphatic rings. The van der Waals surface area contributed by atoms with Gasteiger partial charge in [0.1, 0.15) is 5.82 Å². The second-order valence-electron chi connectivity index (χ2n) is 3.85. The van der Waals surface area contributed by atoms with E-state index in [9.17, 15) is 9.18 Å². The monoisotopic (exact) mass is 225 g/mol. The fourth-order valence-electron chi connectivity index (χ4n) is 1.53. The van der Waals surface area contributed by atoms with Gasteiger partial charge in [-0.25, -0.2) is 4.39 Å². The highest BCUT2D eigenvalue weighted by atomic mass is 19.1. The van der Waals surface area contributed by atoms with Gasteiger partial charge in [0, 0.05) is 0 Å². The zero-order valence-electron chi connectivity index (χ0n) is 9.71. The molecule has 1 atom stereocenters. The van der Waals surface area contributed by atoms with Gasteiger partial charge in [0.15, 0.2) is 0 Å². The fourth-order valence-corrected chi connectivity index (χ4v) is 1.53. The van der Waals surface area contributed by atoms with Crippen molar-refractivity contribution in [2.24, 2.45) is 0 Å². The van der Waals surface area contributed by atoms with Crippen molar-refractivity contribution in [1.29, 1.82) is 0 Å². The Labute approximate surface area is 94.6 Å². The van der Waals surface area contributed by atoms with E-state index in [0.29, 0.717) is 0 Å². The number of nitrogens with one attached hydrogen (secondary N) is 1. The Morgan fingerprint density at radius 1 is 1.56 bits per heavy atom. The molecule has 16 heavy (non-hydrogen) atoms.